The zero-order valence-corrected chi connectivity index (χ0v) is 26.1. The van der Waals surface area contributed by atoms with Crippen LogP contribution in [0, 0.1) is 0 Å². The third-order valence-corrected chi connectivity index (χ3v) is 9.43. The molecule has 0 aromatic heterocycles. The van der Waals surface area contributed by atoms with Gasteiger partial charge in [-0.15, -0.1) is 0 Å². The van der Waals surface area contributed by atoms with E-state index in [9.17, 15) is 9.59 Å². The minimum atomic E-state index is 0.182. The Hall–Kier alpha value is 0.0400. The normalized spacial score (nSPS) is 11.3. The van der Waals surface area contributed by atoms with Crippen molar-refractivity contribution >= 4 is 31.8 Å². The molecule has 0 saturated heterocycles. The van der Waals surface area contributed by atoms with Crippen molar-refractivity contribution in [3.8, 4) is 0 Å². The molecular formula is C32H62O2S2. The molecule has 0 fully saturated rings. The zero-order chi connectivity index (χ0) is 26.4. The smallest absolute Gasteiger partial charge is 0.199 e. The molecule has 0 aromatic carbocycles. The lowest BCUT2D eigenvalue weighted by Crippen LogP contribution is -1.94. The lowest BCUT2D eigenvalue weighted by molar-refractivity contribution is -0.112. The van der Waals surface area contributed by atoms with Gasteiger partial charge in [0, 0.05) is 12.8 Å². The second-order valence-corrected chi connectivity index (χ2v) is 13.1. The van der Waals surface area contributed by atoms with Crippen molar-refractivity contribution in [1.82, 2.24) is 0 Å². The molecule has 0 atom stereocenters. The Morgan fingerprint density at radius 2 is 0.528 bits per heavy atom. The van der Waals surface area contributed by atoms with E-state index in [0.29, 0.717) is 12.8 Å². The quantitative estimate of drug-likeness (QED) is 0.0727. The molecule has 0 radical (unpaired) electrons. The highest BCUT2D eigenvalue weighted by Gasteiger charge is 2.09. The summed E-state index contributed by atoms with van der Waals surface area (Å²) in [7, 11) is 2.36. The molecular weight excluding hydrogens is 480 g/mol. The SMILES string of the molecule is CCCCCCCCCCCCCCCC(=O)SSC(=O)CCCCCCCCCCCCCCC. The van der Waals surface area contributed by atoms with E-state index in [1.807, 2.05) is 0 Å². The van der Waals surface area contributed by atoms with Crippen LogP contribution in [0.3, 0.4) is 0 Å². The number of carbonyl (C=O) groups is 2. The number of unbranched alkanes of at least 4 members (excludes halogenated alkanes) is 24. The second-order valence-electron chi connectivity index (χ2n) is 10.9. The Bertz CT molecular complexity index is 425. The number of carbonyl (C=O) groups excluding carboxylic acids is 2. The van der Waals surface area contributed by atoms with Crippen molar-refractivity contribution in [2.24, 2.45) is 0 Å². The maximum atomic E-state index is 12.0. The topological polar surface area (TPSA) is 34.1 Å². The monoisotopic (exact) mass is 542 g/mol. The lowest BCUT2D eigenvalue weighted by Gasteiger charge is -2.04. The molecule has 4 heteroatoms. The molecule has 0 rings (SSSR count). The van der Waals surface area contributed by atoms with Crippen molar-refractivity contribution in [3.63, 3.8) is 0 Å². The third-order valence-electron chi connectivity index (χ3n) is 7.20. The molecule has 0 saturated carbocycles. The minimum absolute atomic E-state index is 0.182. The van der Waals surface area contributed by atoms with Crippen LogP contribution < -0.4 is 0 Å². The summed E-state index contributed by atoms with van der Waals surface area (Å²) in [5, 5.41) is 0.364. The average Bonchev–Trinajstić information content (AvgIpc) is 2.88. The Labute approximate surface area is 234 Å². The van der Waals surface area contributed by atoms with Crippen molar-refractivity contribution in [1.29, 1.82) is 0 Å². The molecule has 36 heavy (non-hydrogen) atoms. The molecule has 0 spiro atoms. The molecule has 0 N–H and O–H groups in total. The summed E-state index contributed by atoms with van der Waals surface area (Å²) in [5.74, 6) is 0. The fourth-order valence-electron chi connectivity index (χ4n) is 4.75. The Kier molecular flexibility index (Phi) is 31.3. The van der Waals surface area contributed by atoms with Crippen LogP contribution in [0.5, 0.6) is 0 Å². The summed E-state index contributed by atoms with van der Waals surface area (Å²) in [5.41, 5.74) is 0. The van der Waals surface area contributed by atoms with E-state index in [1.54, 1.807) is 0 Å². The zero-order valence-electron chi connectivity index (χ0n) is 24.4. The first kappa shape index (κ1) is 36.0. The van der Waals surface area contributed by atoms with Gasteiger partial charge in [-0.3, -0.25) is 9.59 Å². The first-order valence-electron chi connectivity index (χ1n) is 16.1. The highest BCUT2D eigenvalue weighted by molar-refractivity contribution is 8.87. The predicted molar refractivity (Wildman–Crippen MR) is 166 cm³/mol. The van der Waals surface area contributed by atoms with Crippen LogP contribution in [0.15, 0.2) is 0 Å². The number of hydrogen-bond acceptors (Lipinski definition) is 4. The van der Waals surface area contributed by atoms with Crippen LogP contribution in [0.1, 0.15) is 194 Å². The summed E-state index contributed by atoms with van der Waals surface area (Å²) in [6.45, 7) is 4.55. The van der Waals surface area contributed by atoms with E-state index < -0.39 is 0 Å². The van der Waals surface area contributed by atoms with Gasteiger partial charge in [-0.2, -0.15) is 0 Å². The highest BCUT2D eigenvalue weighted by Crippen LogP contribution is 2.27. The van der Waals surface area contributed by atoms with Gasteiger partial charge in [0.1, 0.15) is 0 Å². The molecule has 0 aliphatic carbocycles. The maximum Gasteiger partial charge on any atom is 0.199 e. The lowest BCUT2D eigenvalue weighted by atomic mass is 10.0. The first-order valence-corrected chi connectivity index (χ1v) is 18.3. The molecule has 2 nitrogen and oxygen atoms in total. The van der Waals surface area contributed by atoms with E-state index in [-0.39, 0.29) is 10.2 Å². The van der Waals surface area contributed by atoms with Crippen LogP contribution in [-0.2, 0) is 9.59 Å². The fraction of sp³-hybridized carbons (Fsp3) is 0.938. The largest absolute Gasteiger partial charge is 0.286 e. The van der Waals surface area contributed by atoms with E-state index in [0.717, 1.165) is 25.7 Å². The summed E-state index contributed by atoms with van der Waals surface area (Å²) < 4.78 is 0. The van der Waals surface area contributed by atoms with Crippen LogP contribution >= 0.6 is 21.6 Å². The van der Waals surface area contributed by atoms with E-state index in [2.05, 4.69) is 13.8 Å². The van der Waals surface area contributed by atoms with Gasteiger partial charge in [0.25, 0.3) is 0 Å². The van der Waals surface area contributed by atoms with Crippen LogP contribution in [-0.4, -0.2) is 10.2 Å². The van der Waals surface area contributed by atoms with Crippen molar-refractivity contribution in [2.45, 2.75) is 194 Å². The van der Waals surface area contributed by atoms with E-state index >= 15 is 0 Å². The van der Waals surface area contributed by atoms with Gasteiger partial charge >= 0.3 is 0 Å². The van der Waals surface area contributed by atoms with Crippen molar-refractivity contribution in [3.05, 3.63) is 0 Å². The summed E-state index contributed by atoms with van der Waals surface area (Å²) in [4.78, 5) is 24.1. The van der Waals surface area contributed by atoms with Gasteiger partial charge in [0.05, 0.1) is 0 Å². The Morgan fingerprint density at radius 3 is 0.750 bits per heavy atom. The van der Waals surface area contributed by atoms with Crippen molar-refractivity contribution in [2.75, 3.05) is 0 Å². The summed E-state index contributed by atoms with van der Waals surface area (Å²) >= 11 is 0. The Balaban J connectivity index is 3.28. The highest BCUT2D eigenvalue weighted by atomic mass is 33.1. The summed E-state index contributed by atoms with van der Waals surface area (Å²) in [6, 6.07) is 0. The molecule has 0 aliphatic heterocycles. The molecule has 0 unspecified atom stereocenters. The molecule has 0 aliphatic rings. The fourth-order valence-corrected chi connectivity index (χ4v) is 6.45. The molecule has 214 valence electrons. The first-order chi connectivity index (χ1) is 17.7. The molecule has 0 heterocycles. The van der Waals surface area contributed by atoms with Crippen LogP contribution in [0.25, 0.3) is 0 Å². The van der Waals surface area contributed by atoms with E-state index in [4.69, 9.17) is 0 Å². The molecule has 0 amide bonds. The van der Waals surface area contributed by atoms with Gasteiger partial charge in [-0.25, -0.2) is 0 Å². The van der Waals surface area contributed by atoms with Gasteiger partial charge in [-0.1, -0.05) is 168 Å². The predicted octanol–water partition coefficient (Wildman–Crippen LogP) is 12.4. The van der Waals surface area contributed by atoms with Crippen molar-refractivity contribution < 1.29 is 9.59 Å². The number of hydrogen-bond donors (Lipinski definition) is 0. The van der Waals surface area contributed by atoms with Gasteiger partial charge in [0.15, 0.2) is 10.2 Å². The summed E-state index contributed by atoms with van der Waals surface area (Å²) in [6.07, 6.45) is 35.7. The Morgan fingerprint density at radius 1 is 0.333 bits per heavy atom. The van der Waals surface area contributed by atoms with Gasteiger partial charge in [0.2, 0.25) is 0 Å². The third kappa shape index (κ3) is 30.3. The van der Waals surface area contributed by atoms with E-state index in [1.165, 1.54) is 163 Å². The minimum Gasteiger partial charge on any atom is -0.286 e. The van der Waals surface area contributed by atoms with Crippen LogP contribution in [0.4, 0.5) is 0 Å². The maximum absolute atomic E-state index is 12.0. The molecule has 0 bridgehead atoms. The average molecular weight is 543 g/mol. The van der Waals surface area contributed by atoms with Gasteiger partial charge in [-0.05, 0) is 34.4 Å². The standard InChI is InChI=1S/C32H62O2S2/c1-3-5-7-9-11-13-15-17-19-21-23-25-27-29-31(33)35-36-32(34)30-28-26-24-22-20-18-16-14-12-10-8-6-4-2/h3-30H2,1-2H3. The second kappa shape index (κ2) is 31.3. The molecule has 0 aromatic rings. The van der Waals surface area contributed by atoms with Crippen LogP contribution in [0.2, 0.25) is 0 Å². The van der Waals surface area contributed by atoms with Gasteiger partial charge < -0.3 is 0 Å². The number of rotatable bonds is 28.